The van der Waals surface area contributed by atoms with Crippen molar-refractivity contribution < 1.29 is 5.11 Å². The summed E-state index contributed by atoms with van der Waals surface area (Å²) in [5, 5.41) is 19.3. The standard InChI is InChI=1S/C19H20N4O/c1-11-7-8-13-16(9-11)22-19(14-5-3-4-6-17(14)24)23-18(13)15(21)10-12(2)20/h3-9,12,21,24H,10,20H2,1-2H3/t12-/m1/s1. The Labute approximate surface area is 140 Å². The number of nitrogens with zero attached hydrogens (tertiary/aromatic N) is 2. The molecule has 5 heteroatoms. The molecule has 1 heterocycles. The molecule has 3 aromatic rings. The lowest BCUT2D eigenvalue weighted by Crippen LogP contribution is -2.20. The third kappa shape index (κ3) is 3.12. The summed E-state index contributed by atoms with van der Waals surface area (Å²) in [4.78, 5) is 9.15. The van der Waals surface area contributed by atoms with Gasteiger partial charge in [-0.3, -0.25) is 0 Å². The third-order valence-electron chi connectivity index (χ3n) is 3.81. The van der Waals surface area contributed by atoms with Gasteiger partial charge in [0.2, 0.25) is 0 Å². The van der Waals surface area contributed by atoms with E-state index in [0.29, 0.717) is 29.2 Å². The summed E-state index contributed by atoms with van der Waals surface area (Å²) in [6.07, 6.45) is 0.431. The molecule has 0 fully saturated rings. The Bertz CT molecular complexity index is 918. The number of phenols is 1. The second kappa shape index (κ2) is 6.37. The molecule has 0 saturated carbocycles. The number of nitrogens with one attached hydrogen (secondary N) is 1. The highest BCUT2D eigenvalue weighted by atomic mass is 16.3. The molecule has 1 atom stereocenters. The zero-order valence-electron chi connectivity index (χ0n) is 13.7. The van der Waals surface area contributed by atoms with Crippen LogP contribution in [0.25, 0.3) is 22.3 Å². The van der Waals surface area contributed by atoms with E-state index in [1.165, 1.54) is 0 Å². The number of rotatable bonds is 4. The van der Waals surface area contributed by atoms with Crippen LogP contribution in [0.4, 0.5) is 0 Å². The number of para-hydroxylation sites is 1. The van der Waals surface area contributed by atoms with Crippen LogP contribution in [-0.4, -0.2) is 26.8 Å². The number of benzene rings is 2. The van der Waals surface area contributed by atoms with Crippen molar-refractivity contribution in [3.8, 4) is 17.1 Å². The van der Waals surface area contributed by atoms with Crippen molar-refractivity contribution >= 4 is 16.6 Å². The summed E-state index contributed by atoms with van der Waals surface area (Å²) in [6, 6.07) is 12.7. The molecule has 2 aromatic carbocycles. The molecule has 5 nitrogen and oxygen atoms in total. The first-order chi connectivity index (χ1) is 11.5. The highest BCUT2D eigenvalue weighted by molar-refractivity contribution is 6.07. The Kier molecular flexibility index (Phi) is 4.27. The molecule has 0 amide bonds. The van der Waals surface area contributed by atoms with E-state index in [0.717, 1.165) is 16.5 Å². The average Bonchev–Trinajstić information content (AvgIpc) is 2.53. The van der Waals surface area contributed by atoms with Gasteiger partial charge >= 0.3 is 0 Å². The molecular formula is C19H20N4O. The molecule has 24 heavy (non-hydrogen) atoms. The van der Waals surface area contributed by atoms with Crippen molar-refractivity contribution in [3.63, 3.8) is 0 Å². The first-order valence-electron chi connectivity index (χ1n) is 7.86. The van der Waals surface area contributed by atoms with Gasteiger partial charge in [-0.1, -0.05) is 24.3 Å². The average molecular weight is 320 g/mol. The molecule has 0 radical (unpaired) electrons. The normalized spacial score (nSPS) is 12.3. The molecule has 4 N–H and O–H groups in total. The maximum absolute atomic E-state index is 10.1. The molecule has 3 rings (SSSR count). The van der Waals surface area contributed by atoms with Gasteiger partial charge in [0.05, 0.1) is 22.5 Å². The number of fused-ring (bicyclic) bond motifs is 1. The molecule has 0 aliphatic carbocycles. The minimum atomic E-state index is -0.124. The minimum absolute atomic E-state index is 0.120. The SMILES string of the molecule is Cc1ccc2c(C(=N)C[C@@H](C)N)nc(-c3ccccc3O)nc2c1. The third-order valence-corrected chi connectivity index (χ3v) is 3.81. The minimum Gasteiger partial charge on any atom is -0.507 e. The second-order valence-electron chi connectivity index (χ2n) is 6.09. The Morgan fingerprint density at radius 3 is 2.67 bits per heavy atom. The van der Waals surface area contributed by atoms with Crippen LogP contribution in [0.15, 0.2) is 42.5 Å². The Balaban J connectivity index is 2.25. The van der Waals surface area contributed by atoms with Gasteiger partial charge in [0.1, 0.15) is 5.75 Å². The van der Waals surface area contributed by atoms with Gasteiger partial charge in [-0.25, -0.2) is 9.97 Å². The van der Waals surface area contributed by atoms with E-state index in [4.69, 9.17) is 11.1 Å². The van der Waals surface area contributed by atoms with Crippen LogP contribution in [0, 0.1) is 12.3 Å². The molecule has 122 valence electrons. The molecule has 0 bridgehead atoms. The highest BCUT2D eigenvalue weighted by Crippen LogP contribution is 2.29. The van der Waals surface area contributed by atoms with Crippen LogP contribution in [-0.2, 0) is 0 Å². The van der Waals surface area contributed by atoms with E-state index >= 15 is 0 Å². The number of phenolic OH excluding ortho intramolecular Hbond substituents is 1. The zero-order chi connectivity index (χ0) is 17.3. The van der Waals surface area contributed by atoms with Crippen molar-refractivity contribution in [2.75, 3.05) is 0 Å². The van der Waals surface area contributed by atoms with Gasteiger partial charge in [-0.05, 0) is 37.6 Å². The molecule has 0 unspecified atom stereocenters. The first-order valence-corrected chi connectivity index (χ1v) is 7.86. The first kappa shape index (κ1) is 16.1. The lowest BCUT2D eigenvalue weighted by molar-refractivity contribution is 0.477. The van der Waals surface area contributed by atoms with Gasteiger partial charge in [0, 0.05) is 17.8 Å². The summed E-state index contributed by atoms with van der Waals surface area (Å²) >= 11 is 0. The zero-order valence-corrected chi connectivity index (χ0v) is 13.7. The predicted molar refractivity (Wildman–Crippen MR) is 96.5 cm³/mol. The van der Waals surface area contributed by atoms with Crippen LogP contribution in [0.2, 0.25) is 0 Å². The lowest BCUT2D eigenvalue weighted by Gasteiger charge is -2.12. The number of aromatic nitrogens is 2. The van der Waals surface area contributed by atoms with E-state index in [2.05, 4.69) is 9.97 Å². The molecular weight excluding hydrogens is 300 g/mol. The summed E-state index contributed by atoms with van der Waals surface area (Å²) < 4.78 is 0. The summed E-state index contributed by atoms with van der Waals surface area (Å²) in [5.41, 5.74) is 9.17. The number of aromatic hydroxyl groups is 1. The Morgan fingerprint density at radius 2 is 1.96 bits per heavy atom. The predicted octanol–water partition coefficient (Wildman–Crippen LogP) is 3.42. The fourth-order valence-electron chi connectivity index (χ4n) is 2.67. The van der Waals surface area contributed by atoms with Gasteiger partial charge in [-0.15, -0.1) is 0 Å². The van der Waals surface area contributed by atoms with Crippen molar-refractivity contribution in [1.82, 2.24) is 9.97 Å². The fourth-order valence-corrected chi connectivity index (χ4v) is 2.67. The molecule has 0 spiro atoms. The maximum Gasteiger partial charge on any atom is 0.164 e. The van der Waals surface area contributed by atoms with Crippen molar-refractivity contribution in [2.24, 2.45) is 5.73 Å². The van der Waals surface area contributed by atoms with E-state index in [1.807, 2.05) is 38.1 Å². The smallest absolute Gasteiger partial charge is 0.164 e. The molecule has 1 aromatic heterocycles. The Morgan fingerprint density at radius 1 is 1.21 bits per heavy atom. The monoisotopic (exact) mass is 320 g/mol. The topological polar surface area (TPSA) is 95.9 Å². The van der Waals surface area contributed by atoms with E-state index in [1.54, 1.807) is 18.2 Å². The van der Waals surface area contributed by atoms with Crippen LogP contribution < -0.4 is 5.73 Å². The largest absolute Gasteiger partial charge is 0.507 e. The number of hydrogen-bond acceptors (Lipinski definition) is 5. The molecule has 0 aliphatic heterocycles. The van der Waals surface area contributed by atoms with Gasteiger partial charge in [0.15, 0.2) is 5.82 Å². The summed E-state index contributed by atoms with van der Waals surface area (Å²) in [6.45, 7) is 3.86. The van der Waals surface area contributed by atoms with Crippen molar-refractivity contribution in [2.45, 2.75) is 26.3 Å². The number of aryl methyl sites for hydroxylation is 1. The maximum atomic E-state index is 10.1. The van der Waals surface area contributed by atoms with Gasteiger partial charge in [0.25, 0.3) is 0 Å². The van der Waals surface area contributed by atoms with Gasteiger partial charge in [-0.2, -0.15) is 0 Å². The summed E-state index contributed by atoms with van der Waals surface area (Å²) in [5.74, 6) is 0.532. The lowest BCUT2D eigenvalue weighted by atomic mass is 10.0. The quantitative estimate of drug-likeness (QED) is 0.642. The van der Waals surface area contributed by atoms with E-state index in [-0.39, 0.29) is 11.8 Å². The van der Waals surface area contributed by atoms with E-state index in [9.17, 15) is 5.11 Å². The highest BCUT2D eigenvalue weighted by Gasteiger charge is 2.16. The number of hydrogen-bond donors (Lipinski definition) is 3. The number of nitrogens with two attached hydrogens (primary N) is 1. The Hall–Kier alpha value is -2.79. The van der Waals surface area contributed by atoms with Crippen molar-refractivity contribution in [1.29, 1.82) is 5.41 Å². The second-order valence-corrected chi connectivity index (χ2v) is 6.09. The fraction of sp³-hybridized carbons (Fsp3) is 0.211. The van der Waals surface area contributed by atoms with Crippen molar-refractivity contribution in [3.05, 3.63) is 53.7 Å². The molecule has 0 aliphatic rings. The van der Waals surface area contributed by atoms with E-state index < -0.39 is 0 Å². The van der Waals surface area contributed by atoms with Crippen LogP contribution in [0.5, 0.6) is 5.75 Å². The summed E-state index contributed by atoms with van der Waals surface area (Å²) in [7, 11) is 0. The van der Waals surface area contributed by atoms with Crippen LogP contribution in [0.3, 0.4) is 0 Å². The van der Waals surface area contributed by atoms with Crippen LogP contribution >= 0.6 is 0 Å². The van der Waals surface area contributed by atoms with Crippen LogP contribution in [0.1, 0.15) is 24.6 Å². The van der Waals surface area contributed by atoms with Gasteiger partial charge < -0.3 is 16.2 Å². The molecule has 0 saturated heterocycles.